The normalized spacial score (nSPS) is 11.2. The van der Waals surface area contributed by atoms with Crippen LogP contribution in [0.3, 0.4) is 0 Å². The maximum atomic E-state index is 12.7. The Morgan fingerprint density at radius 1 is 1.22 bits per heavy atom. The Labute approximate surface area is 142 Å². The molecular weight excluding hydrogens is 310 g/mol. The van der Waals surface area contributed by atoms with Gasteiger partial charge in [0.25, 0.3) is 0 Å². The predicted molar refractivity (Wildman–Crippen MR) is 95.3 cm³/mol. The molecule has 0 aliphatic rings. The van der Waals surface area contributed by atoms with Crippen LogP contribution in [0.1, 0.15) is 25.0 Å². The number of amides is 1. The van der Waals surface area contributed by atoms with E-state index in [-0.39, 0.29) is 5.91 Å². The van der Waals surface area contributed by atoms with Crippen molar-refractivity contribution in [2.75, 3.05) is 12.4 Å². The number of carbonyl (C=O) groups is 1. The van der Waals surface area contributed by atoms with Crippen LogP contribution in [0.2, 0.25) is 5.02 Å². The van der Waals surface area contributed by atoms with Gasteiger partial charge < -0.3 is 10.1 Å². The molecule has 1 amide bonds. The van der Waals surface area contributed by atoms with E-state index in [9.17, 15) is 4.79 Å². The van der Waals surface area contributed by atoms with E-state index in [1.807, 2.05) is 57.2 Å². The summed E-state index contributed by atoms with van der Waals surface area (Å²) in [5.74, 6) is 0.505. The molecule has 0 saturated heterocycles. The SMILES string of the molecule is COc1cc(Cl)c(C)cc1NC(=O)C(C)(C)Cc1ccccc1. The third-order valence-corrected chi connectivity index (χ3v) is 4.24. The molecule has 2 aromatic carbocycles. The number of hydrogen-bond acceptors (Lipinski definition) is 2. The van der Waals surface area contributed by atoms with Crippen LogP contribution in [-0.4, -0.2) is 13.0 Å². The van der Waals surface area contributed by atoms with Crippen molar-refractivity contribution in [2.24, 2.45) is 5.41 Å². The van der Waals surface area contributed by atoms with Crippen LogP contribution in [0.5, 0.6) is 5.75 Å². The van der Waals surface area contributed by atoms with Crippen LogP contribution in [0.25, 0.3) is 0 Å². The molecule has 0 atom stereocenters. The molecule has 0 fully saturated rings. The minimum absolute atomic E-state index is 0.0543. The van der Waals surface area contributed by atoms with Crippen LogP contribution in [0.15, 0.2) is 42.5 Å². The maximum absolute atomic E-state index is 12.7. The lowest BCUT2D eigenvalue weighted by Crippen LogP contribution is -2.32. The van der Waals surface area contributed by atoms with Crippen molar-refractivity contribution in [1.29, 1.82) is 0 Å². The van der Waals surface area contributed by atoms with Gasteiger partial charge in [0.2, 0.25) is 5.91 Å². The molecule has 0 bridgehead atoms. The van der Waals surface area contributed by atoms with Gasteiger partial charge in [-0.1, -0.05) is 55.8 Å². The fourth-order valence-corrected chi connectivity index (χ4v) is 2.56. The van der Waals surface area contributed by atoms with E-state index >= 15 is 0 Å². The number of carbonyl (C=O) groups excluding carboxylic acids is 1. The molecule has 0 saturated carbocycles. The Hall–Kier alpha value is -2.00. The van der Waals surface area contributed by atoms with E-state index in [2.05, 4.69) is 5.32 Å². The first kappa shape index (κ1) is 17.4. The van der Waals surface area contributed by atoms with Crippen LogP contribution >= 0.6 is 11.6 Å². The molecule has 0 unspecified atom stereocenters. The van der Waals surface area contributed by atoms with Gasteiger partial charge in [-0.05, 0) is 30.5 Å². The first-order valence-electron chi connectivity index (χ1n) is 7.53. The van der Waals surface area contributed by atoms with E-state index in [4.69, 9.17) is 16.3 Å². The zero-order valence-corrected chi connectivity index (χ0v) is 14.7. The van der Waals surface area contributed by atoms with Crippen LogP contribution < -0.4 is 10.1 Å². The van der Waals surface area contributed by atoms with Crippen molar-refractivity contribution in [3.63, 3.8) is 0 Å². The van der Waals surface area contributed by atoms with Gasteiger partial charge in [0.15, 0.2) is 0 Å². The average Bonchev–Trinajstić information content (AvgIpc) is 2.51. The van der Waals surface area contributed by atoms with Crippen molar-refractivity contribution < 1.29 is 9.53 Å². The van der Waals surface area contributed by atoms with E-state index in [0.29, 0.717) is 22.9 Å². The summed E-state index contributed by atoms with van der Waals surface area (Å²) in [5, 5.41) is 3.58. The van der Waals surface area contributed by atoms with Gasteiger partial charge in [-0.15, -0.1) is 0 Å². The second-order valence-corrected chi connectivity index (χ2v) is 6.71. The van der Waals surface area contributed by atoms with E-state index in [1.165, 1.54) is 0 Å². The minimum atomic E-state index is -0.542. The molecule has 122 valence electrons. The fourth-order valence-electron chi connectivity index (χ4n) is 2.41. The molecule has 0 aliphatic carbocycles. The number of nitrogens with one attached hydrogen (secondary N) is 1. The second-order valence-electron chi connectivity index (χ2n) is 6.30. The number of benzene rings is 2. The largest absolute Gasteiger partial charge is 0.495 e. The number of methoxy groups -OCH3 is 1. The molecular formula is C19H22ClNO2. The van der Waals surface area contributed by atoms with Gasteiger partial charge in [0, 0.05) is 16.5 Å². The Balaban J connectivity index is 2.19. The van der Waals surface area contributed by atoms with Crippen molar-refractivity contribution in [1.82, 2.24) is 0 Å². The first-order valence-corrected chi connectivity index (χ1v) is 7.91. The van der Waals surface area contributed by atoms with Gasteiger partial charge in [0.05, 0.1) is 12.8 Å². The standard InChI is InChI=1S/C19H22ClNO2/c1-13-10-16(17(23-4)11-15(13)20)21-18(22)19(2,3)12-14-8-6-5-7-9-14/h5-11H,12H2,1-4H3,(H,21,22). The lowest BCUT2D eigenvalue weighted by atomic mass is 9.84. The quantitative estimate of drug-likeness (QED) is 0.849. The van der Waals surface area contributed by atoms with E-state index < -0.39 is 5.41 Å². The molecule has 0 aromatic heterocycles. The number of halogens is 1. The maximum Gasteiger partial charge on any atom is 0.230 e. The number of aryl methyl sites for hydroxylation is 1. The third kappa shape index (κ3) is 4.26. The van der Waals surface area contributed by atoms with Crippen LogP contribution in [-0.2, 0) is 11.2 Å². The topological polar surface area (TPSA) is 38.3 Å². The molecule has 23 heavy (non-hydrogen) atoms. The van der Waals surface area contributed by atoms with Gasteiger partial charge >= 0.3 is 0 Å². The first-order chi connectivity index (χ1) is 10.8. The molecule has 0 aliphatic heterocycles. The van der Waals surface area contributed by atoms with Gasteiger partial charge in [0.1, 0.15) is 5.75 Å². The number of anilines is 1. The second kappa shape index (κ2) is 7.05. The van der Waals surface area contributed by atoms with Crippen molar-refractivity contribution in [2.45, 2.75) is 27.2 Å². The Bertz CT molecular complexity index is 696. The summed E-state index contributed by atoms with van der Waals surface area (Å²) >= 11 is 6.11. The highest BCUT2D eigenvalue weighted by Gasteiger charge is 2.28. The number of ether oxygens (including phenoxy) is 1. The van der Waals surface area contributed by atoms with E-state index in [1.54, 1.807) is 13.2 Å². The summed E-state index contributed by atoms with van der Waals surface area (Å²) in [4.78, 5) is 12.7. The lowest BCUT2D eigenvalue weighted by Gasteiger charge is -2.24. The smallest absolute Gasteiger partial charge is 0.230 e. The van der Waals surface area contributed by atoms with Gasteiger partial charge in [-0.3, -0.25) is 4.79 Å². The zero-order chi connectivity index (χ0) is 17.0. The Kier molecular flexibility index (Phi) is 5.32. The monoisotopic (exact) mass is 331 g/mol. The minimum Gasteiger partial charge on any atom is -0.495 e. The van der Waals surface area contributed by atoms with Crippen LogP contribution in [0.4, 0.5) is 5.69 Å². The zero-order valence-electron chi connectivity index (χ0n) is 13.9. The molecule has 4 heteroatoms. The van der Waals surface area contributed by atoms with E-state index in [0.717, 1.165) is 11.1 Å². The van der Waals surface area contributed by atoms with Crippen molar-refractivity contribution in [3.8, 4) is 5.75 Å². The number of rotatable bonds is 5. The predicted octanol–water partition coefficient (Wildman–Crippen LogP) is 4.86. The highest BCUT2D eigenvalue weighted by atomic mass is 35.5. The Morgan fingerprint density at radius 3 is 2.48 bits per heavy atom. The number of hydrogen-bond donors (Lipinski definition) is 1. The highest BCUT2D eigenvalue weighted by molar-refractivity contribution is 6.31. The lowest BCUT2D eigenvalue weighted by molar-refractivity contribution is -0.123. The summed E-state index contributed by atoms with van der Waals surface area (Å²) in [7, 11) is 1.56. The van der Waals surface area contributed by atoms with Crippen molar-refractivity contribution >= 4 is 23.2 Å². The third-order valence-electron chi connectivity index (χ3n) is 3.83. The summed E-state index contributed by atoms with van der Waals surface area (Å²) < 4.78 is 5.31. The Morgan fingerprint density at radius 2 is 1.87 bits per heavy atom. The molecule has 3 nitrogen and oxygen atoms in total. The highest BCUT2D eigenvalue weighted by Crippen LogP contribution is 2.33. The summed E-state index contributed by atoms with van der Waals surface area (Å²) in [5.41, 5.74) is 2.12. The summed E-state index contributed by atoms with van der Waals surface area (Å²) in [6, 6.07) is 13.5. The van der Waals surface area contributed by atoms with Crippen LogP contribution in [0, 0.1) is 12.3 Å². The molecule has 1 N–H and O–H groups in total. The molecule has 2 aromatic rings. The van der Waals surface area contributed by atoms with Crippen molar-refractivity contribution in [3.05, 3.63) is 58.6 Å². The average molecular weight is 332 g/mol. The van der Waals surface area contributed by atoms with Gasteiger partial charge in [-0.2, -0.15) is 0 Å². The fraction of sp³-hybridized carbons (Fsp3) is 0.316. The molecule has 2 rings (SSSR count). The molecule has 0 radical (unpaired) electrons. The van der Waals surface area contributed by atoms with Gasteiger partial charge in [-0.25, -0.2) is 0 Å². The summed E-state index contributed by atoms with van der Waals surface area (Å²) in [6.07, 6.45) is 0.661. The summed E-state index contributed by atoms with van der Waals surface area (Å²) in [6.45, 7) is 5.77. The molecule has 0 spiro atoms. The molecule has 0 heterocycles.